The third kappa shape index (κ3) is 3.34. The standard InChI is InChI=1S/C25H30N6O2/c1-29(2)25(19-10-5-4-6-11-19)15-24(16-25)17-30(23(32)31(24)14-18-8-7-9-18)20-13-27-21(12-26)28-22(20)33-3/h4-6,10-11,13,18H,7-9,14-17H2,1-3H3. The molecule has 8 heteroatoms. The third-order valence-electron chi connectivity index (χ3n) is 7.88. The minimum Gasteiger partial charge on any atom is -0.479 e. The van der Waals surface area contributed by atoms with Crippen LogP contribution in [0.2, 0.25) is 0 Å². The summed E-state index contributed by atoms with van der Waals surface area (Å²) in [6, 6.07) is 12.5. The van der Waals surface area contributed by atoms with Crippen molar-refractivity contribution >= 4 is 11.7 Å². The van der Waals surface area contributed by atoms with Gasteiger partial charge < -0.3 is 9.64 Å². The fraction of sp³-hybridized carbons (Fsp3) is 0.520. The van der Waals surface area contributed by atoms with Crippen molar-refractivity contribution in [2.24, 2.45) is 5.92 Å². The number of carbonyl (C=O) groups is 1. The molecule has 2 amide bonds. The summed E-state index contributed by atoms with van der Waals surface area (Å²) in [6.45, 7) is 1.35. The maximum absolute atomic E-state index is 13.8. The van der Waals surface area contributed by atoms with E-state index in [1.807, 2.05) is 12.1 Å². The van der Waals surface area contributed by atoms with Crippen LogP contribution in [0.15, 0.2) is 36.5 Å². The summed E-state index contributed by atoms with van der Waals surface area (Å²) < 4.78 is 5.44. The largest absolute Gasteiger partial charge is 0.479 e. The number of carbonyl (C=O) groups excluding carboxylic acids is 1. The summed E-state index contributed by atoms with van der Waals surface area (Å²) in [6.07, 6.45) is 6.88. The summed E-state index contributed by atoms with van der Waals surface area (Å²) in [5.41, 5.74) is 1.44. The molecule has 3 aliphatic rings. The van der Waals surface area contributed by atoms with Crippen molar-refractivity contribution in [2.75, 3.05) is 39.2 Å². The maximum atomic E-state index is 13.8. The van der Waals surface area contributed by atoms with Gasteiger partial charge in [0, 0.05) is 6.54 Å². The zero-order valence-electron chi connectivity index (χ0n) is 19.5. The number of amides is 2. The number of rotatable bonds is 6. The molecule has 0 unspecified atom stereocenters. The number of ether oxygens (including phenoxy) is 1. The average molecular weight is 447 g/mol. The SMILES string of the molecule is COc1nc(C#N)ncc1N1CC2(CC(c3ccccc3)(N(C)C)C2)N(CC2CCC2)C1=O. The second-order valence-electron chi connectivity index (χ2n) is 9.85. The first-order chi connectivity index (χ1) is 15.9. The van der Waals surface area contributed by atoms with Gasteiger partial charge in [0.05, 0.1) is 30.9 Å². The molecule has 0 N–H and O–H groups in total. The topological polar surface area (TPSA) is 85.6 Å². The number of methoxy groups -OCH3 is 1. The minimum absolute atomic E-state index is 0.0195. The van der Waals surface area contributed by atoms with E-state index >= 15 is 0 Å². The lowest BCUT2D eigenvalue weighted by Crippen LogP contribution is -2.68. The van der Waals surface area contributed by atoms with Crippen molar-refractivity contribution in [3.05, 3.63) is 47.9 Å². The molecule has 1 saturated heterocycles. The van der Waals surface area contributed by atoms with Gasteiger partial charge >= 0.3 is 6.03 Å². The van der Waals surface area contributed by atoms with Gasteiger partial charge in [-0.1, -0.05) is 36.8 Å². The summed E-state index contributed by atoms with van der Waals surface area (Å²) in [7, 11) is 5.76. The smallest absolute Gasteiger partial charge is 0.325 e. The van der Waals surface area contributed by atoms with E-state index in [1.54, 1.807) is 4.90 Å². The van der Waals surface area contributed by atoms with Crippen LogP contribution in [0.1, 0.15) is 43.5 Å². The Bertz CT molecular complexity index is 1090. The first kappa shape index (κ1) is 21.7. The zero-order chi connectivity index (χ0) is 23.2. The van der Waals surface area contributed by atoms with Gasteiger partial charge in [-0.2, -0.15) is 10.2 Å². The predicted molar refractivity (Wildman–Crippen MR) is 124 cm³/mol. The summed E-state index contributed by atoms with van der Waals surface area (Å²) in [5.74, 6) is 0.857. The zero-order valence-corrected chi connectivity index (χ0v) is 19.5. The highest BCUT2D eigenvalue weighted by Crippen LogP contribution is 2.57. The van der Waals surface area contributed by atoms with E-state index in [0.717, 1.165) is 19.4 Å². The summed E-state index contributed by atoms with van der Waals surface area (Å²) >= 11 is 0. The van der Waals surface area contributed by atoms with E-state index in [2.05, 4.69) is 58.1 Å². The van der Waals surface area contributed by atoms with Crippen molar-refractivity contribution < 1.29 is 9.53 Å². The van der Waals surface area contributed by atoms with Crippen LogP contribution in [0, 0.1) is 17.2 Å². The van der Waals surface area contributed by atoms with E-state index in [1.165, 1.54) is 38.1 Å². The molecule has 1 aromatic heterocycles. The highest BCUT2D eigenvalue weighted by Gasteiger charge is 2.65. The molecule has 2 aliphatic carbocycles. The van der Waals surface area contributed by atoms with Gasteiger partial charge in [0.15, 0.2) is 0 Å². The van der Waals surface area contributed by atoms with Gasteiger partial charge in [-0.15, -0.1) is 0 Å². The molecule has 2 heterocycles. The average Bonchev–Trinajstić information content (AvgIpc) is 3.06. The molecule has 2 aromatic rings. The molecule has 33 heavy (non-hydrogen) atoms. The van der Waals surface area contributed by atoms with Crippen LogP contribution in [0.4, 0.5) is 10.5 Å². The van der Waals surface area contributed by atoms with Crippen molar-refractivity contribution in [3.63, 3.8) is 0 Å². The monoisotopic (exact) mass is 446 g/mol. The van der Waals surface area contributed by atoms with Crippen LogP contribution in [-0.4, -0.2) is 65.6 Å². The Labute approximate surface area is 194 Å². The van der Waals surface area contributed by atoms with Crippen LogP contribution in [0.25, 0.3) is 0 Å². The van der Waals surface area contributed by atoms with Gasteiger partial charge in [-0.05, 0) is 51.3 Å². The molecule has 8 nitrogen and oxygen atoms in total. The van der Waals surface area contributed by atoms with Crippen LogP contribution in [-0.2, 0) is 5.54 Å². The van der Waals surface area contributed by atoms with Crippen molar-refractivity contribution in [1.82, 2.24) is 19.8 Å². The molecule has 1 spiro atoms. The van der Waals surface area contributed by atoms with Gasteiger partial charge in [-0.25, -0.2) is 9.78 Å². The lowest BCUT2D eigenvalue weighted by molar-refractivity contribution is -0.0728. The van der Waals surface area contributed by atoms with Gasteiger partial charge in [-0.3, -0.25) is 9.80 Å². The molecule has 172 valence electrons. The lowest BCUT2D eigenvalue weighted by Gasteiger charge is -2.61. The fourth-order valence-corrected chi connectivity index (χ4v) is 5.81. The Hall–Kier alpha value is -3.18. The molecule has 0 radical (unpaired) electrons. The first-order valence-corrected chi connectivity index (χ1v) is 11.6. The van der Waals surface area contributed by atoms with Crippen molar-refractivity contribution in [1.29, 1.82) is 5.26 Å². The molecular weight excluding hydrogens is 416 g/mol. The van der Waals surface area contributed by atoms with Crippen LogP contribution in [0.3, 0.4) is 0 Å². The van der Waals surface area contributed by atoms with Crippen molar-refractivity contribution in [3.8, 4) is 11.9 Å². The number of urea groups is 1. The number of hydrogen-bond acceptors (Lipinski definition) is 6. The quantitative estimate of drug-likeness (QED) is 0.676. The van der Waals surface area contributed by atoms with Crippen molar-refractivity contribution in [2.45, 2.75) is 43.2 Å². The number of aromatic nitrogens is 2. The maximum Gasteiger partial charge on any atom is 0.325 e. The fourth-order valence-electron chi connectivity index (χ4n) is 5.81. The number of hydrogen-bond donors (Lipinski definition) is 0. The van der Waals surface area contributed by atoms with Gasteiger partial charge in [0.25, 0.3) is 0 Å². The Kier molecular flexibility index (Phi) is 5.25. The van der Waals surface area contributed by atoms with E-state index in [-0.39, 0.29) is 28.8 Å². The van der Waals surface area contributed by atoms with Gasteiger partial charge in [0.2, 0.25) is 11.7 Å². The van der Waals surface area contributed by atoms with Crippen LogP contribution in [0.5, 0.6) is 5.88 Å². The number of anilines is 1. The number of benzene rings is 1. The molecular formula is C25H30N6O2. The van der Waals surface area contributed by atoms with Crippen LogP contribution < -0.4 is 9.64 Å². The first-order valence-electron chi connectivity index (χ1n) is 11.6. The third-order valence-corrected chi connectivity index (χ3v) is 7.88. The lowest BCUT2D eigenvalue weighted by atomic mass is 9.58. The summed E-state index contributed by atoms with van der Waals surface area (Å²) in [5, 5.41) is 9.16. The second kappa shape index (κ2) is 7.99. The molecule has 3 fully saturated rings. The molecule has 1 aliphatic heterocycles. The summed E-state index contributed by atoms with van der Waals surface area (Å²) in [4.78, 5) is 28.3. The van der Waals surface area contributed by atoms with E-state index in [9.17, 15) is 4.79 Å². The Balaban J connectivity index is 1.50. The number of nitriles is 1. The predicted octanol–water partition coefficient (Wildman–Crippen LogP) is 3.39. The highest BCUT2D eigenvalue weighted by atomic mass is 16.5. The van der Waals surface area contributed by atoms with Gasteiger partial charge in [0.1, 0.15) is 11.8 Å². The van der Waals surface area contributed by atoms with Crippen LogP contribution >= 0.6 is 0 Å². The molecule has 0 atom stereocenters. The second-order valence-corrected chi connectivity index (χ2v) is 9.85. The highest BCUT2D eigenvalue weighted by molar-refractivity contribution is 5.96. The Morgan fingerprint density at radius 1 is 1.24 bits per heavy atom. The molecule has 5 rings (SSSR count). The molecule has 2 saturated carbocycles. The van der Waals surface area contributed by atoms with E-state index in [4.69, 9.17) is 10.00 Å². The molecule has 1 aromatic carbocycles. The normalized spacial score (nSPS) is 26.9. The van der Waals surface area contributed by atoms with E-state index < -0.39 is 0 Å². The Morgan fingerprint density at radius 2 is 1.97 bits per heavy atom. The number of nitrogens with zero attached hydrogens (tertiary/aromatic N) is 6. The van der Waals surface area contributed by atoms with E-state index in [0.29, 0.717) is 18.2 Å². The Morgan fingerprint density at radius 3 is 2.55 bits per heavy atom. The minimum atomic E-state index is -0.258. The molecule has 0 bridgehead atoms.